The van der Waals surface area contributed by atoms with Gasteiger partial charge in [-0.25, -0.2) is 9.97 Å². The number of nitrogens with two attached hydrogens (primary N) is 1. The molecule has 0 saturated heterocycles. The van der Waals surface area contributed by atoms with E-state index in [1.54, 1.807) is 0 Å². The quantitative estimate of drug-likeness (QED) is 0.259. The number of rotatable bonds is 9. The van der Waals surface area contributed by atoms with E-state index in [-0.39, 0.29) is 29.3 Å². The number of hydrogen-bond acceptors (Lipinski definition) is 10. The summed E-state index contributed by atoms with van der Waals surface area (Å²) in [6.07, 6.45) is 0.183. The number of nitriles is 2. The Labute approximate surface area is 220 Å². The lowest BCUT2D eigenvalue weighted by molar-refractivity contribution is -0.115. The first-order valence-corrected chi connectivity index (χ1v) is 13.6. The summed E-state index contributed by atoms with van der Waals surface area (Å²) >= 11 is 4.06. The normalized spacial score (nSPS) is 10.4. The average Bonchev–Trinajstić information content (AvgIpc) is 3.57. The van der Waals surface area contributed by atoms with Gasteiger partial charge >= 0.3 is 0 Å². The van der Waals surface area contributed by atoms with E-state index in [2.05, 4.69) is 27.4 Å². The van der Waals surface area contributed by atoms with Crippen LogP contribution in [0.1, 0.15) is 24.5 Å². The lowest BCUT2D eigenvalue weighted by atomic mass is 9.99. The van der Waals surface area contributed by atoms with Crippen LogP contribution in [0, 0.1) is 22.7 Å². The van der Waals surface area contributed by atoms with Crippen molar-refractivity contribution in [1.82, 2.24) is 9.97 Å². The van der Waals surface area contributed by atoms with Crippen molar-refractivity contribution in [2.75, 3.05) is 23.4 Å². The fourth-order valence-corrected chi connectivity index (χ4v) is 5.69. The molecule has 3 aromatic heterocycles. The Kier molecular flexibility index (Phi) is 8.18. The number of carbonyl (C=O) groups excluding carboxylic acids is 1. The number of nitrogen functional groups attached to an aromatic ring is 1. The lowest BCUT2D eigenvalue weighted by Crippen LogP contribution is -2.12. The summed E-state index contributed by atoms with van der Waals surface area (Å²) in [7, 11) is 0. The molecule has 36 heavy (non-hydrogen) atoms. The van der Waals surface area contributed by atoms with Gasteiger partial charge in [0.05, 0.1) is 17.9 Å². The monoisotopic (exact) mass is 532 g/mol. The number of hydrogen-bond donors (Lipinski definition) is 2. The second kappa shape index (κ2) is 11.7. The van der Waals surface area contributed by atoms with Gasteiger partial charge < -0.3 is 15.8 Å². The first-order chi connectivity index (χ1) is 17.5. The van der Waals surface area contributed by atoms with Crippen LogP contribution in [0.2, 0.25) is 0 Å². The number of aromatic nitrogens is 2. The van der Waals surface area contributed by atoms with Crippen LogP contribution in [0.5, 0.6) is 5.75 Å². The number of thiophene rings is 1. The summed E-state index contributed by atoms with van der Waals surface area (Å²) in [6, 6.07) is 13.7. The fourth-order valence-electron chi connectivity index (χ4n) is 3.37. The third-order valence-corrected chi connectivity index (χ3v) is 7.42. The summed E-state index contributed by atoms with van der Waals surface area (Å²) in [5.41, 5.74) is 9.41. The smallest absolute Gasteiger partial charge is 0.226 e. The number of nitrogens with one attached hydrogen (secondary N) is 1. The number of anilines is 2. The molecule has 3 heterocycles. The first-order valence-electron chi connectivity index (χ1n) is 10.8. The molecular formula is C25H20N6O2S3. The molecule has 3 N–H and O–H groups in total. The number of pyridine rings is 1. The molecule has 0 radical (unpaired) electrons. The number of carbonyl (C=O) groups is 1. The van der Waals surface area contributed by atoms with Crippen molar-refractivity contribution in [2.24, 2.45) is 0 Å². The molecule has 0 aliphatic rings. The van der Waals surface area contributed by atoms with Crippen LogP contribution in [-0.2, 0) is 4.79 Å². The van der Waals surface area contributed by atoms with E-state index in [4.69, 9.17) is 10.5 Å². The molecule has 4 aromatic rings. The lowest BCUT2D eigenvalue weighted by Gasteiger charge is -2.11. The largest absolute Gasteiger partial charge is 0.494 e. The van der Waals surface area contributed by atoms with E-state index in [0.29, 0.717) is 28.1 Å². The van der Waals surface area contributed by atoms with Crippen molar-refractivity contribution in [2.45, 2.75) is 18.4 Å². The Hall–Kier alpha value is -3.90. The molecule has 0 fully saturated rings. The molecule has 0 unspecified atom stereocenters. The maximum absolute atomic E-state index is 12.5. The maximum atomic E-state index is 12.5. The van der Waals surface area contributed by atoms with Crippen LogP contribution in [0.25, 0.3) is 22.4 Å². The number of amides is 1. The standard InChI is InChI=1S/C25H20N6O2S3/c1-2-33-17-5-3-15(4-6-17)20-14-36-25(29-20)30-21(32)8-10-35-24-19(12-27)22(16-7-9-34-13-16)18(11-26)23(28)31-24/h3-7,9,13-14H,2,8,10H2,1H3,(H2,28,31)(H,29,30,32). The highest BCUT2D eigenvalue weighted by Gasteiger charge is 2.21. The number of thiazole rings is 1. The van der Waals surface area contributed by atoms with Gasteiger partial charge in [-0.1, -0.05) is 0 Å². The van der Waals surface area contributed by atoms with Crippen molar-refractivity contribution in [1.29, 1.82) is 10.5 Å². The predicted octanol–water partition coefficient (Wildman–Crippen LogP) is 5.78. The highest BCUT2D eigenvalue weighted by molar-refractivity contribution is 7.99. The summed E-state index contributed by atoms with van der Waals surface area (Å²) in [5, 5.41) is 28.7. The highest BCUT2D eigenvalue weighted by Crippen LogP contribution is 2.36. The van der Waals surface area contributed by atoms with Crippen LogP contribution in [-0.4, -0.2) is 28.2 Å². The van der Waals surface area contributed by atoms with Gasteiger partial charge in [-0.05, 0) is 53.6 Å². The maximum Gasteiger partial charge on any atom is 0.226 e. The first kappa shape index (κ1) is 25.2. The number of ether oxygens (including phenoxy) is 1. The van der Waals surface area contributed by atoms with E-state index >= 15 is 0 Å². The van der Waals surface area contributed by atoms with Gasteiger partial charge in [-0.3, -0.25) is 4.79 Å². The molecule has 1 amide bonds. The summed E-state index contributed by atoms with van der Waals surface area (Å²) < 4.78 is 5.46. The molecule has 180 valence electrons. The molecule has 8 nitrogen and oxygen atoms in total. The Morgan fingerprint density at radius 1 is 1.11 bits per heavy atom. The topological polar surface area (TPSA) is 138 Å². The summed E-state index contributed by atoms with van der Waals surface area (Å²) in [5.74, 6) is 1.03. The number of nitrogens with zero attached hydrogens (tertiary/aromatic N) is 4. The third kappa shape index (κ3) is 5.66. The van der Waals surface area contributed by atoms with Crippen molar-refractivity contribution in [3.05, 3.63) is 57.6 Å². The minimum atomic E-state index is -0.201. The highest BCUT2D eigenvalue weighted by atomic mass is 32.2. The van der Waals surface area contributed by atoms with Crippen LogP contribution in [0.4, 0.5) is 10.9 Å². The Bertz CT molecular complexity index is 1450. The van der Waals surface area contributed by atoms with Crippen molar-refractivity contribution in [3.63, 3.8) is 0 Å². The Morgan fingerprint density at radius 2 is 1.89 bits per heavy atom. The second-order valence-electron chi connectivity index (χ2n) is 7.30. The molecule has 0 spiro atoms. The molecule has 0 saturated carbocycles. The molecule has 11 heteroatoms. The van der Waals surface area contributed by atoms with Crippen LogP contribution < -0.4 is 15.8 Å². The zero-order valence-corrected chi connectivity index (χ0v) is 21.6. The zero-order valence-electron chi connectivity index (χ0n) is 19.1. The van der Waals surface area contributed by atoms with E-state index in [9.17, 15) is 15.3 Å². The molecule has 0 atom stereocenters. The van der Waals surface area contributed by atoms with Crippen molar-refractivity contribution >= 4 is 51.3 Å². The van der Waals surface area contributed by atoms with Gasteiger partial charge in [0.1, 0.15) is 34.3 Å². The average molecular weight is 533 g/mol. The van der Waals surface area contributed by atoms with Gasteiger partial charge in [-0.15, -0.1) is 23.1 Å². The van der Waals surface area contributed by atoms with Crippen molar-refractivity contribution in [3.8, 4) is 40.3 Å². The summed E-state index contributed by atoms with van der Waals surface area (Å²) in [6.45, 7) is 2.54. The van der Waals surface area contributed by atoms with Crippen molar-refractivity contribution < 1.29 is 9.53 Å². The minimum absolute atomic E-state index is 0.0641. The van der Waals surface area contributed by atoms with Crippen LogP contribution >= 0.6 is 34.4 Å². The third-order valence-electron chi connectivity index (χ3n) is 5.00. The van der Waals surface area contributed by atoms with Gasteiger partial charge in [0.2, 0.25) is 5.91 Å². The summed E-state index contributed by atoms with van der Waals surface area (Å²) in [4.78, 5) is 21.3. The Morgan fingerprint density at radius 3 is 2.56 bits per heavy atom. The van der Waals surface area contributed by atoms with Gasteiger partial charge in [0, 0.05) is 28.7 Å². The number of thioether (sulfide) groups is 1. The molecule has 0 aliphatic heterocycles. The molecular weight excluding hydrogens is 513 g/mol. The number of benzene rings is 1. The molecule has 0 bridgehead atoms. The minimum Gasteiger partial charge on any atom is -0.494 e. The fraction of sp³-hybridized carbons (Fsp3) is 0.160. The van der Waals surface area contributed by atoms with Gasteiger partial charge in [-0.2, -0.15) is 21.9 Å². The van der Waals surface area contributed by atoms with Gasteiger partial charge in [0.15, 0.2) is 5.13 Å². The van der Waals surface area contributed by atoms with E-state index in [0.717, 1.165) is 22.6 Å². The van der Waals surface area contributed by atoms with Gasteiger partial charge in [0.25, 0.3) is 0 Å². The van der Waals surface area contributed by atoms with Crippen LogP contribution in [0.15, 0.2) is 51.5 Å². The zero-order chi connectivity index (χ0) is 25.5. The second-order valence-corrected chi connectivity index (χ2v) is 10.0. The molecule has 0 aliphatic carbocycles. The molecule has 1 aromatic carbocycles. The SMILES string of the molecule is CCOc1ccc(-c2csc(NC(=O)CCSc3nc(N)c(C#N)c(-c4ccsc4)c3C#N)n2)cc1. The Balaban J connectivity index is 1.40. The predicted molar refractivity (Wildman–Crippen MR) is 144 cm³/mol. The van der Waals surface area contributed by atoms with E-state index in [1.807, 2.05) is 53.4 Å². The van der Waals surface area contributed by atoms with Crippen LogP contribution in [0.3, 0.4) is 0 Å². The van der Waals surface area contributed by atoms with E-state index in [1.165, 1.54) is 34.4 Å². The van der Waals surface area contributed by atoms with E-state index < -0.39 is 0 Å². The molecule has 4 rings (SSSR count).